The molecule has 0 spiro atoms. The normalized spacial score (nSPS) is 10.4. The van der Waals surface area contributed by atoms with Crippen LogP contribution in [0.2, 0.25) is 0 Å². The molecule has 6 N–H and O–H groups in total. The Morgan fingerprint density at radius 1 is 1.33 bits per heavy atom. The van der Waals surface area contributed by atoms with E-state index in [1.165, 1.54) is 0 Å². The van der Waals surface area contributed by atoms with Gasteiger partial charge < -0.3 is 21.4 Å². The van der Waals surface area contributed by atoms with Gasteiger partial charge >= 0.3 is 11.9 Å². The van der Waals surface area contributed by atoms with Crippen LogP contribution in [0, 0.1) is 0 Å². The molecule has 0 saturated heterocycles. The molecular formula is C5H11NNaO5. The van der Waals surface area contributed by atoms with Gasteiger partial charge in [0.05, 0.1) is 0 Å². The van der Waals surface area contributed by atoms with Gasteiger partial charge in [-0.2, -0.15) is 0 Å². The van der Waals surface area contributed by atoms with Crippen LogP contribution in [0.3, 0.4) is 0 Å². The Bertz CT molecular complexity index is 151. The van der Waals surface area contributed by atoms with Crippen molar-refractivity contribution in [3.8, 4) is 0 Å². The van der Waals surface area contributed by atoms with Crippen LogP contribution in [0.15, 0.2) is 0 Å². The van der Waals surface area contributed by atoms with Crippen LogP contribution in [-0.4, -0.2) is 63.2 Å². The Morgan fingerprint density at radius 2 is 1.75 bits per heavy atom. The fourth-order valence-electron chi connectivity index (χ4n) is 0.402. The monoisotopic (exact) mass is 188 g/mol. The van der Waals surface area contributed by atoms with Gasteiger partial charge in [-0.25, -0.2) is 0 Å². The maximum absolute atomic E-state index is 9.99. The molecule has 12 heavy (non-hydrogen) atoms. The zero-order valence-electron chi connectivity index (χ0n) is 6.78. The van der Waals surface area contributed by atoms with Gasteiger partial charge in [-0.1, -0.05) is 0 Å². The molecule has 6 nitrogen and oxygen atoms in total. The number of carbonyl (C=O) groups is 2. The zero-order valence-corrected chi connectivity index (χ0v) is 8.78. The third-order valence-electron chi connectivity index (χ3n) is 0.986. The summed E-state index contributed by atoms with van der Waals surface area (Å²) in [6, 6.07) is -1.06. The Morgan fingerprint density at radius 3 is 2.00 bits per heavy atom. The summed E-state index contributed by atoms with van der Waals surface area (Å²) in [5.74, 6) is -2.20. The number of rotatable bonds is 4. The number of hydrogen-bond donors (Lipinski definition) is 3. The molecule has 0 aliphatic rings. The molecule has 0 aromatic carbocycles. The van der Waals surface area contributed by atoms with E-state index in [9.17, 15) is 9.59 Å². The summed E-state index contributed by atoms with van der Waals surface area (Å²) in [6.07, 6.45) is -0.224. The van der Waals surface area contributed by atoms with Gasteiger partial charge in [0.1, 0.15) is 6.04 Å². The standard InChI is InChI=1S/C5H9NO4.Na.H2O/c6-3(5(9)10)1-2-4(7)8;;/h3H,1-2,6H2,(H,7,8)(H,9,10);;1H2/t3-;;/m0../s1. The van der Waals surface area contributed by atoms with E-state index < -0.39 is 18.0 Å². The average molecular weight is 188 g/mol. The summed E-state index contributed by atoms with van der Waals surface area (Å²) in [5, 5.41) is 16.3. The molecule has 1 atom stereocenters. The second-order valence-electron chi connectivity index (χ2n) is 1.88. The minimum absolute atomic E-state index is 0. The van der Waals surface area contributed by atoms with Crippen molar-refractivity contribution in [3.05, 3.63) is 0 Å². The first-order valence-electron chi connectivity index (χ1n) is 2.74. The maximum Gasteiger partial charge on any atom is 0.320 e. The molecule has 0 amide bonds. The van der Waals surface area contributed by atoms with E-state index in [1.54, 1.807) is 0 Å². The second-order valence-corrected chi connectivity index (χ2v) is 1.88. The summed E-state index contributed by atoms with van der Waals surface area (Å²) >= 11 is 0. The van der Waals surface area contributed by atoms with E-state index in [4.69, 9.17) is 15.9 Å². The van der Waals surface area contributed by atoms with Crippen LogP contribution in [0.1, 0.15) is 12.8 Å². The van der Waals surface area contributed by atoms with Crippen LogP contribution < -0.4 is 5.73 Å². The van der Waals surface area contributed by atoms with E-state index in [2.05, 4.69) is 0 Å². The summed E-state index contributed by atoms with van der Waals surface area (Å²) < 4.78 is 0. The number of carboxylic acid groups (broad SMARTS) is 2. The van der Waals surface area contributed by atoms with Gasteiger partial charge in [0.2, 0.25) is 0 Å². The SMILES string of the molecule is N[C@@H](CCC(=O)O)C(=O)O.O.[Na]. The molecule has 0 rings (SSSR count). The topological polar surface area (TPSA) is 132 Å². The third kappa shape index (κ3) is 9.86. The average Bonchev–Trinajstić information content (AvgIpc) is 1.82. The van der Waals surface area contributed by atoms with E-state index >= 15 is 0 Å². The van der Waals surface area contributed by atoms with Crippen molar-refractivity contribution < 1.29 is 25.3 Å². The minimum Gasteiger partial charge on any atom is -0.481 e. The Kier molecular flexibility index (Phi) is 13.3. The van der Waals surface area contributed by atoms with Gasteiger partial charge in [-0.05, 0) is 6.42 Å². The number of nitrogens with two attached hydrogens (primary N) is 1. The van der Waals surface area contributed by atoms with Gasteiger partial charge in [0, 0.05) is 36.0 Å². The fraction of sp³-hybridized carbons (Fsp3) is 0.600. The van der Waals surface area contributed by atoms with Gasteiger partial charge in [-0.3, -0.25) is 9.59 Å². The summed E-state index contributed by atoms with van der Waals surface area (Å²) in [4.78, 5) is 19.9. The van der Waals surface area contributed by atoms with Crippen LogP contribution in [-0.2, 0) is 9.59 Å². The molecule has 67 valence electrons. The predicted octanol–water partition coefficient (Wildman–Crippen LogP) is -1.94. The van der Waals surface area contributed by atoms with Gasteiger partial charge in [0.15, 0.2) is 0 Å². The van der Waals surface area contributed by atoms with Crippen molar-refractivity contribution in [3.63, 3.8) is 0 Å². The molecule has 0 aliphatic heterocycles. The summed E-state index contributed by atoms with van der Waals surface area (Å²) in [6.45, 7) is 0. The number of carboxylic acids is 2. The van der Waals surface area contributed by atoms with Gasteiger partial charge in [-0.15, -0.1) is 0 Å². The Labute approximate surface area is 91.3 Å². The molecule has 7 heteroatoms. The molecule has 0 fully saturated rings. The van der Waals surface area contributed by atoms with Crippen molar-refractivity contribution in [2.45, 2.75) is 18.9 Å². The summed E-state index contributed by atoms with van der Waals surface area (Å²) in [7, 11) is 0. The van der Waals surface area contributed by atoms with E-state index in [0.29, 0.717) is 0 Å². The van der Waals surface area contributed by atoms with Crippen molar-refractivity contribution >= 4 is 41.5 Å². The van der Waals surface area contributed by atoms with Crippen molar-refractivity contribution in [1.29, 1.82) is 0 Å². The first-order chi connectivity index (χ1) is 4.54. The number of aliphatic carboxylic acids is 2. The molecule has 0 aliphatic carbocycles. The first-order valence-corrected chi connectivity index (χ1v) is 2.74. The maximum atomic E-state index is 9.99. The van der Waals surface area contributed by atoms with Crippen molar-refractivity contribution in [2.75, 3.05) is 0 Å². The molecule has 1 radical (unpaired) electrons. The zero-order chi connectivity index (χ0) is 8.15. The second kappa shape index (κ2) is 8.95. The Hall–Kier alpha value is -0.140. The molecule has 0 aromatic heterocycles. The summed E-state index contributed by atoms with van der Waals surface area (Å²) in [5.41, 5.74) is 5.00. The predicted molar refractivity (Wildman–Crippen MR) is 41.8 cm³/mol. The first kappa shape index (κ1) is 17.8. The van der Waals surface area contributed by atoms with Crippen LogP contribution >= 0.6 is 0 Å². The molecule has 0 unspecified atom stereocenters. The molecule has 0 saturated carbocycles. The van der Waals surface area contributed by atoms with Crippen molar-refractivity contribution in [2.24, 2.45) is 5.73 Å². The minimum atomic E-state index is -1.17. The molecule has 0 aromatic rings. The third-order valence-corrected chi connectivity index (χ3v) is 0.986. The van der Waals surface area contributed by atoms with Crippen LogP contribution in [0.25, 0.3) is 0 Å². The van der Waals surface area contributed by atoms with E-state index in [-0.39, 0.29) is 47.9 Å². The molecular weight excluding hydrogens is 177 g/mol. The number of hydrogen-bond acceptors (Lipinski definition) is 3. The van der Waals surface area contributed by atoms with Crippen LogP contribution in [0.4, 0.5) is 0 Å². The molecule has 0 heterocycles. The van der Waals surface area contributed by atoms with Crippen LogP contribution in [0.5, 0.6) is 0 Å². The van der Waals surface area contributed by atoms with E-state index in [1.807, 2.05) is 0 Å². The van der Waals surface area contributed by atoms with Gasteiger partial charge in [0.25, 0.3) is 0 Å². The van der Waals surface area contributed by atoms with E-state index in [0.717, 1.165) is 0 Å². The van der Waals surface area contributed by atoms with Crippen molar-refractivity contribution in [1.82, 2.24) is 0 Å². The molecule has 0 bridgehead atoms. The smallest absolute Gasteiger partial charge is 0.320 e. The fourth-order valence-corrected chi connectivity index (χ4v) is 0.402. The quantitative estimate of drug-likeness (QED) is 0.441. The largest absolute Gasteiger partial charge is 0.481 e. The Balaban J connectivity index is -0.000000405.